The molecule has 1 aromatic carbocycles. The summed E-state index contributed by atoms with van der Waals surface area (Å²) in [4.78, 5) is 35.0. The Morgan fingerprint density at radius 1 is 1.26 bits per heavy atom. The maximum atomic E-state index is 12.6. The number of rotatable bonds is 4. The summed E-state index contributed by atoms with van der Waals surface area (Å²) < 4.78 is 5.14. The molecule has 1 atom stereocenters. The number of benzene rings is 1. The number of amides is 2. The summed E-state index contributed by atoms with van der Waals surface area (Å²) in [5.74, 6) is -0.115. The fourth-order valence-electron chi connectivity index (χ4n) is 3.46. The van der Waals surface area contributed by atoms with E-state index in [0.717, 1.165) is 30.2 Å². The Kier molecular flexibility index (Phi) is 4.82. The van der Waals surface area contributed by atoms with Crippen LogP contribution >= 0.6 is 0 Å². The van der Waals surface area contributed by atoms with Gasteiger partial charge in [0.2, 0.25) is 5.76 Å². The molecule has 3 aromatic rings. The minimum atomic E-state index is -0.179. The number of nitrogens with one attached hydrogen (secondary N) is 1. The molecule has 1 fully saturated rings. The van der Waals surface area contributed by atoms with Crippen LogP contribution in [0.1, 0.15) is 40.2 Å². The molecule has 138 valence electrons. The van der Waals surface area contributed by atoms with E-state index in [0.29, 0.717) is 18.7 Å². The second-order valence-electron chi connectivity index (χ2n) is 6.63. The number of pyridine rings is 1. The molecule has 27 heavy (non-hydrogen) atoms. The van der Waals surface area contributed by atoms with E-state index in [-0.39, 0.29) is 23.6 Å². The zero-order chi connectivity index (χ0) is 18.6. The maximum Gasteiger partial charge on any atom is 0.291 e. The average molecular weight is 364 g/mol. The average Bonchev–Trinajstić information content (AvgIpc) is 3.26. The minimum absolute atomic E-state index is 0.0566. The standard InChI is InChI=1S/C20H20N4O3/c25-19(15-7-6-14-4-3-8-22-17(14)10-15)23-11-16-5-1-2-9-24(16)20(26)18-12-21-13-27-18/h3-4,6-8,10,12-13,16H,1-2,5,9,11H2,(H,23,25)/t16-/m0/s1. The van der Waals surface area contributed by atoms with E-state index in [9.17, 15) is 9.59 Å². The maximum absolute atomic E-state index is 12.6. The van der Waals surface area contributed by atoms with Gasteiger partial charge in [0.05, 0.1) is 11.7 Å². The Labute approximate surface area is 156 Å². The lowest BCUT2D eigenvalue weighted by Gasteiger charge is -2.35. The molecule has 0 saturated carbocycles. The number of carbonyl (C=O) groups is 2. The second-order valence-corrected chi connectivity index (χ2v) is 6.63. The smallest absolute Gasteiger partial charge is 0.291 e. The normalized spacial score (nSPS) is 17.0. The molecule has 0 aliphatic carbocycles. The van der Waals surface area contributed by atoms with E-state index in [1.165, 1.54) is 12.6 Å². The zero-order valence-electron chi connectivity index (χ0n) is 14.8. The van der Waals surface area contributed by atoms with Crippen molar-refractivity contribution in [2.24, 2.45) is 0 Å². The van der Waals surface area contributed by atoms with Gasteiger partial charge in [-0.2, -0.15) is 0 Å². The van der Waals surface area contributed by atoms with Crippen LogP contribution in [-0.2, 0) is 0 Å². The number of piperidine rings is 1. The van der Waals surface area contributed by atoms with Crippen LogP contribution in [0, 0.1) is 0 Å². The zero-order valence-corrected chi connectivity index (χ0v) is 14.8. The first-order valence-electron chi connectivity index (χ1n) is 9.05. The molecule has 0 spiro atoms. The van der Waals surface area contributed by atoms with Crippen LogP contribution < -0.4 is 5.32 Å². The molecule has 3 heterocycles. The fraction of sp³-hybridized carbons (Fsp3) is 0.300. The van der Waals surface area contributed by atoms with Gasteiger partial charge in [0.15, 0.2) is 6.39 Å². The fourth-order valence-corrected chi connectivity index (χ4v) is 3.46. The van der Waals surface area contributed by atoms with Crippen molar-refractivity contribution >= 4 is 22.7 Å². The Bertz CT molecular complexity index is 955. The Morgan fingerprint density at radius 3 is 3.04 bits per heavy atom. The van der Waals surface area contributed by atoms with Crippen LogP contribution in [0.15, 0.2) is 53.5 Å². The highest BCUT2D eigenvalue weighted by atomic mass is 16.3. The lowest BCUT2D eigenvalue weighted by Crippen LogP contribution is -2.49. The van der Waals surface area contributed by atoms with E-state index in [4.69, 9.17) is 4.42 Å². The van der Waals surface area contributed by atoms with E-state index in [1.54, 1.807) is 23.2 Å². The summed E-state index contributed by atoms with van der Waals surface area (Å²) in [5, 5.41) is 3.95. The highest BCUT2D eigenvalue weighted by molar-refractivity contribution is 5.97. The van der Waals surface area contributed by atoms with Crippen molar-refractivity contribution in [1.82, 2.24) is 20.2 Å². The van der Waals surface area contributed by atoms with E-state index in [1.807, 2.05) is 18.2 Å². The highest BCUT2D eigenvalue weighted by Gasteiger charge is 2.29. The van der Waals surface area contributed by atoms with Crippen molar-refractivity contribution in [3.8, 4) is 0 Å². The van der Waals surface area contributed by atoms with E-state index >= 15 is 0 Å². The van der Waals surface area contributed by atoms with Crippen molar-refractivity contribution in [2.75, 3.05) is 13.1 Å². The number of hydrogen-bond acceptors (Lipinski definition) is 5. The number of likely N-dealkylation sites (tertiary alicyclic amines) is 1. The number of carbonyl (C=O) groups excluding carboxylic acids is 2. The summed E-state index contributed by atoms with van der Waals surface area (Å²) in [6.07, 6.45) is 7.20. The highest BCUT2D eigenvalue weighted by Crippen LogP contribution is 2.19. The molecule has 2 amide bonds. The van der Waals surface area contributed by atoms with Gasteiger partial charge in [-0.05, 0) is 37.5 Å². The van der Waals surface area contributed by atoms with Crippen molar-refractivity contribution in [3.05, 3.63) is 60.4 Å². The Hall–Kier alpha value is -3.22. The summed E-state index contributed by atoms with van der Waals surface area (Å²) in [7, 11) is 0. The number of fused-ring (bicyclic) bond motifs is 1. The molecular formula is C20H20N4O3. The van der Waals surface area contributed by atoms with Gasteiger partial charge < -0.3 is 14.6 Å². The summed E-state index contributed by atoms with van der Waals surface area (Å²) in [6, 6.07) is 9.22. The monoisotopic (exact) mass is 364 g/mol. The number of aromatic nitrogens is 2. The predicted molar refractivity (Wildman–Crippen MR) is 99.3 cm³/mol. The Balaban J connectivity index is 1.44. The molecule has 1 N–H and O–H groups in total. The summed E-state index contributed by atoms with van der Waals surface area (Å²) in [5.41, 5.74) is 1.34. The summed E-state index contributed by atoms with van der Waals surface area (Å²) in [6.45, 7) is 1.05. The quantitative estimate of drug-likeness (QED) is 0.769. The van der Waals surface area contributed by atoms with Crippen molar-refractivity contribution in [3.63, 3.8) is 0 Å². The molecule has 1 aliphatic heterocycles. The van der Waals surface area contributed by atoms with Gasteiger partial charge >= 0.3 is 0 Å². The topological polar surface area (TPSA) is 88.3 Å². The van der Waals surface area contributed by atoms with Gasteiger partial charge in [-0.15, -0.1) is 0 Å². The van der Waals surface area contributed by atoms with Crippen LogP contribution in [0.4, 0.5) is 0 Å². The summed E-state index contributed by atoms with van der Waals surface area (Å²) >= 11 is 0. The van der Waals surface area contributed by atoms with Gasteiger partial charge in [0, 0.05) is 36.3 Å². The van der Waals surface area contributed by atoms with Crippen LogP contribution in [0.2, 0.25) is 0 Å². The number of nitrogens with zero attached hydrogens (tertiary/aromatic N) is 3. The van der Waals surface area contributed by atoms with Crippen LogP contribution in [-0.4, -0.2) is 45.8 Å². The van der Waals surface area contributed by atoms with E-state index < -0.39 is 0 Å². The van der Waals surface area contributed by atoms with Gasteiger partial charge in [0.1, 0.15) is 0 Å². The van der Waals surface area contributed by atoms with Crippen molar-refractivity contribution < 1.29 is 14.0 Å². The lowest BCUT2D eigenvalue weighted by molar-refractivity contribution is 0.0571. The molecule has 1 aliphatic rings. The third-order valence-corrected chi connectivity index (χ3v) is 4.90. The number of hydrogen-bond donors (Lipinski definition) is 1. The van der Waals surface area contributed by atoms with Crippen LogP contribution in [0.5, 0.6) is 0 Å². The third-order valence-electron chi connectivity index (χ3n) is 4.90. The predicted octanol–water partition coefficient (Wildman–Crippen LogP) is 2.65. The first-order chi connectivity index (χ1) is 13.2. The lowest BCUT2D eigenvalue weighted by atomic mass is 10.0. The second kappa shape index (κ2) is 7.57. The van der Waals surface area contributed by atoms with Gasteiger partial charge in [-0.3, -0.25) is 14.6 Å². The molecule has 0 unspecified atom stereocenters. The molecular weight excluding hydrogens is 344 g/mol. The SMILES string of the molecule is O=C(NC[C@@H]1CCCCN1C(=O)c1cnco1)c1ccc2cccnc2c1. The van der Waals surface area contributed by atoms with Crippen LogP contribution in [0.3, 0.4) is 0 Å². The van der Waals surface area contributed by atoms with Gasteiger partial charge in [-0.1, -0.05) is 12.1 Å². The first kappa shape index (κ1) is 17.2. The first-order valence-corrected chi connectivity index (χ1v) is 9.05. The largest absolute Gasteiger partial charge is 0.438 e. The number of oxazole rings is 1. The molecule has 7 heteroatoms. The van der Waals surface area contributed by atoms with Crippen molar-refractivity contribution in [1.29, 1.82) is 0 Å². The van der Waals surface area contributed by atoms with Gasteiger partial charge in [0.25, 0.3) is 11.8 Å². The molecule has 7 nitrogen and oxygen atoms in total. The van der Waals surface area contributed by atoms with E-state index in [2.05, 4.69) is 15.3 Å². The minimum Gasteiger partial charge on any atom is -0.438 e. The molecule has 0 radical (unpaired) electrons. The van der Waals surface area contributed by atoms with Gasteiger partial charge in [-0.25, -0.2) is 4.98 Å². The third kappa shape index (κ3) is 3.67. The van der Waals surface area contributed by atoms with Crippen LogP contribution in [0.25, 0.3) is 10.9 Å². The molecule has 2 aromatic heterocycles. The van der Waals surface area contributed by atoms with Crippen molar-refractivity contribution in [2.45, 2.75) is 25.3 Å². The Morgan fingerprint density at radius 2 is 2.19 bits per heavy atom. The molecule has 1 saturated heterocycles. The molecule has 4 rings (SSSR count). The molecule has 0 bridgehead atoms.